The molecule has 0 aliphatic rings. The molecule has 66 heavy (non-hydrogen) atoms. The Bertz CT molecular complexity index is 2690. The third-order valence-corrected chi connectivity index (χ3v) is 13.0. The Morgan fingerprint density at radius 3 is 0.909 bits per heavy atom. The standard InChI is InChI=1S/C63H73NO2/c1-38-28-30-42(46-34-40(3)36-48(58(46)65-17)56-50(60(5,6)7)22-19-23-51(56)61(8,9)10)44(32-38)54-26-21-27-55(64-54)45-33-39(2)29-31-43(45)47-35-41(4)37-49(59(47)66-18)57-52(62(11,12)13)24-20-25-53(57)63(14,15)16/h19-37H,1-18H3. The number of benzene rings is 6. The molecule has 1 heterocycles. The second-order valence-electron chi connectivity index (χ2n) is 22.7. The molecule has 1 aromatic heterocycles. The van der Waals surface area contributed by atoms with Gasteiger partial charge >= 0.3 is 0 Å². The van der Waals surface area contributed by atoms with Crippen LogP contribution in [0.25, 0.3) is 67.0 Å². The monoisotopic (exact) mass is 876 g/mol. The van der Waals surface area contributed by atoms with Gasteiger partial charge in [-0.1, -0.05) is 161 Å². The van der Waals surface area contributed by atoms with Crippen molar-refractivity contribution in [1.82, 2.24) is 4.98 Å². The maximum Gasteiger partial charge on any atom is 0.134 e. The van der Waals surface area contributed by atoms with Crippen molar-refractivity contribution in [2.24, 2.45) is 0 Å². The van der Waals surface area contributed by atoms with Gasteiger partial charge in [0.1, 0.15) is 11.5 Å². The van der Waals surface area contributed by atoms with Gasteiger partial charge in [0, 0.05) is 33.4 Å². The molecule has 0 radical (unpaired) electrons. The Kier molecular flexibility index (Phi) is 12.9. The minimum atomic E-state index is -0.0874. The van der Waals surface area contributed by atoms with E-state index in [4.69, 9.17) is 14.5 Å². The van der Waals surface area contributed by atoms with Crippen molar-refractivity contribution in [3.63, 3.8) is 0 Å². The predicted molar refractivity (Wildman–Crippen MR) is 284 cm³/mol. The van der Waals surface area contributed by atoms with Crippen LogP contribution in [0.3, 0.4) is 0 Å². The normalized spacial score (nSPS) is 12.4. The molecular weight excluding hydrogens is 803 g/mol. The van der Waals surface area contributed by atoms with Gasteiger partial charge in [-0.2, -0.15) is 0 Å². The average molecular weight is 876 g/mol. The van der Waals surface area contributed by atoms with E-state index in [1.54, 1.807) is 0 Å². The minimum Gasteiger partial charge on any atom is -0.495 e. The summed E-state index contributed by atoms with van der Waals surface area (Å²) in [6.07, 6.45) is 0. The van der Waals surface area contributed by atoms with Crippen molar-refractivity contribution in [3.05, 3.63) is 160 Å². The highest BCUT2D eigenvalue weighted by Crippen LogP contribution is 2.51. The zero-order chi connectivity index (χ0) is 48.3. The minimum absolute atomic E-state index is 0.0874. The van der Waals surface area contributed by atoms with E-state index in [0.29, 0.717) is 0 Å². The van der Waals surface area contributed by atoms with E-state index >= 15 is 0 Å². The first-order valence-electron chi connectivity index (χ1n) is 23.7. The van der Waals surface area contributed by atoms with E-state index < -0.39 is 0 Å². The fourth-order valence-electron chi connectivity index (χ4n) is 9.89. The molecule has 7 rings (SSSR count). The lowest BCUT2D eigenvalue weighted by Gasteiger charge is -2.31. The molecule has 7 aromatic rings. The predicted octanol–water partition coefficient (Wildman–Crippen LogP) is 17.5. The number of aromatic nitrogens is 1. The number of hydrogen-bond donors (Lipinski definition) is 0. The van der Waals surface area contributed by atoms with Crippen LogP contribution in [0, 0.1) is 27.7 Å². The Morgan fingerprint density at radius 1 is 0.318 bits per heavy atom. The number of ether oxygens (including phenoxy) is 2. The van der Waals surface area contributed by atoms with Crippen LogP contribution in [0.1, 0.15) is 128 Å². The zero-order valence-corrected chi connectivity index (χ0v) is 43.2. The topological polar surface area (TPSA) is 31.4 Å². The van der Waals surface area contributed by atoms with Crippen LogP contribution in [0.2, 0.25) is 0 Å². The summed E-state index contributed by atoms with van der Waals surface area (Å²) in [5.41, 5.74) is 22.5. The maximum atomic E-state index is 6.56. The van der Waals surface area contributed by atoms with Gasteiger partial charge in [-0.05, 0) is 154 Å². The largest absolute Gasteiger partial charge is 0.495 e. The number of rotatable bonds is 8. The quantitative estimate of drug-likeness (QED) is 0.152. The first kappa shape index (κ1) is 48.0. The van der Waals surface area contributed by atoms with Gasteiger partial charge in [0.25, 0.3) is 0 Å². The molecule has 0 bridgehead atoms. The maximum absolute atomic E-state index is 6.56. The summed E-state index contributed by atoms with van der Waals surface area (Å²) in [4.78, 5) is 5.59. The molecule has 0 saturated heterocycles. The second-order valence-corrected chi connectivity index (χ2v) is 22.7. The number of hydrogen-bond acceptors (Lipinski definition) is 3. The molecule has 0 spiro atoms. The van der Waals surface area contributed by atoms with E-state index in [1.165, 1.54) is 55.6 Å². The van der Waals surface area contributed by atoms with Gasteiger partial charge < -0.3 is 9.47 Å². The van der Waals surface area contributed by atoms with Crippen LogP contribution in [0.4, 0.5) is 0 Å². The summed E-state index contributed by atoms with van der Waals surface area (Å²) in [5, 5.41) is 0. The molecule has 0 N–H and O–H groups in total. The summed E-state index contributed by atoms with van der Waals surface area (Å²) >= 11 is 0. The lowest BCUT2D eigenvalue weighted by molar-refractivity contribution is 0.417. The van der Waals surface area contributed by atoms with Crippen molar-refractivity contribution in [3.8, 4) is 78.5 Å². The van der Waals surface area contributed by atoms with Gasteiger partial charge in [-0.3, -0.25) is 0 Å². The Labute approximate surface area is 397 Å². The molecule has 0 unspecified atom stereocenters. The van der Waals surface area contributed by atoms with Gasteiger partial charge in [0.15, 0.2) is 0 Å². The van der Waals surface area contributed by atoms with Crippen LogP contribution in [0.5, 0.6) is 11.5 Å². The zero-order valence-electron chi connectivity index (χ0n) is 43.2. The molecule has 0 saturated carbocycles. The third-order valence-electron chi connectivity index (χ3n) is 13.0. The molecule has 3 heteroatoms. The van der Waals surface area contributed by atoms with Crippen molar-refractivity contribution in [2.75, 3.05) is 14.2 Å². The highest BCUT2D eigenvalue weighted by molar-refractivity contribution is 5.94. The second kappa shape index (κ2) is 17.7. The van der Waals surface area contributed by atoms with E-state index in [0.717, 1.165) is 67.4 Å². The Balaban J connectivity index is 1.46. The molecule has 0 aliphatic heterocycles. The van der Waals surface area contributed by atoms with E-state index in [-0.39, 0.29) is 21.7 Å². The smallest absolute Gasteiger partial charge is 0.134 e. The molecule has 0 fully saturated rings. The fraction of sp³-hybridized carbons (Fsp3) is 0.349. The molecule has 0 atom stereocenters. The molecule has 0 amide bonds. The lowest BCUT2D eigenvalue weighted by atomic mass is 9.73. The molecule has 342 valence electrons. The van der Waals surface area contributed by atoms with Crippen molar-refractivity contribution in [2.45, 2.75) is 132 Å². The van der Waals surface area contributed by atoms with Crippen LogP contribution >= 0.6 is 0 Å². The Morgan fingerprint density at radius 2 is 0.606 bits per heavy atom. The first-order valence-corrected chi connectivity index (χ1v) is 23.7. The van der Waals surface area contributed by atoms with Crippen LogP contribution in [-0.2, 0) is 21.7 Å². The molecular formula is C63H73NO2. The summed E-state index contributed by atoms with van der Waals surface area (Å²) < 4.78 is 13.1. The average Bonchev–Trinajstić information content (AvgIpc) is 3.24. The van der Waals surface area contributed by atoms with Crippen LogP contribution in [0.15, 0.2) is 115 Å². The van der Waals surface area contributed by atoms with Gasteiger partial charge in [0.2, 0.25) is 0 Å². The number of aryl methyl sites for hydroxylation is 4. The summed E-state index contributed by atoms with van der Waals surface area (Å²) in [7, 11) is 3.63. The lowest BCUT2D eigenvalue weighted by Crippen LogP contribution is -2.19. The molecule has 6 aromatic carbocycles. The molecule has 0 aliphatic carbocycles. The van der Waals surface area contributed by atoms with E-state index in [9.17, 15) is 0 Å². The van der Waals surface area contributed by atoms with E-state index in [1.807, 2.05) is 14.2 Å². The van der Waals surface area contributed by atoms with Crippen molar-refractivity contribution >= 4 is 0 Å². The van der Waals surface area contributed by atoms with Crippen molar-refractivity contribution < 1.29 is 9.47 Å². The summed E-state index contributed by atoms with van der Waals surface area (Å²) in [6.45, 7) is 36.4. The highest BCUT2D eigenvalue weighted by atomic mass is 16.5. The Hall–Kier alpha value is -5.93. The first-order chi connectivity index (χ1) is 30.8. The number of pyridine rings is 1. The number of methoxy groups -OCH3 is 2. The summed E-state index contributed by atoms with van der Waals surface area (Å²) in [5.74, 6) is 1.74. The molecule has 3 nitrogen and oxygen atoms in total. The van der Waals surface area contributed by atoms with E-state index in [2.05, 4.69) is 226 Å². The fourth-order valence-corrected chi connectivity index (χ4v) is 9.89. The van der Waals surface area contributed by atoms with Crippen LogP contribution < -0.4 is 9.47 Å². The number of nitrogens with zero attached hydrogens (tertiary/aromatic N) is 1. The van der Waals surface area contributed by atoms with Crippen LogP contribution in [-0.4, -0.2) is 19.2 Å². The SMILES string of the molecule is COc1c(-c2ccc(C)cc2-c2cccc(-c3cc(C)ccc3-c3cc(C)cc(-c4c(C(C)(C)C)cccc4C(C)(C)C)c3OC)n2)cc(C)cc1-c1c(C(C)(C)C)cccc1C(C)(C)C. The van der Waals surface area contributed by atoms with Gasteiger partial charge in [0.05, 0.1) is 25.6 Å². The van der Waals surface area contributed by atoms with Gasteiger partial charge in [-0.15, -0.1) is 0 Å². The summed E-state index contributed by atoms with van der Waals surface area (Å²) in [6, 6.07) is 42.7. The van der Waals surface area contributed by atoms with Gasteiger partial charge in [-0.25, -0.2) is 4.98 Å². The highest BCUT2D eigenvalue weighted by Gasteiger charge is 2.31. The third kappa shape index (κ3) is 9.37. The van der Waals surface area contributed by atoms with Crippen molar-refractivity contribution in [1.29, 1.82) is 0 Å².